The van der Waals surface area contributed by atoms with Crippen LogP contribution in [0.1, 0.15) is 31.4 Å². The number of likely N-dealkylation sites (tertiary alicyclic amines) is 1. The zero-order chi connectivity index (χ0) is 13.8. The Labute approximate surface area is 123 Å². The highest BCUT2D eigenvalue weighted by Crippen LogP contribution is 2.34. The van der Waals surface area contributed by atoms with Crippen molar-refractivity contribution in [3.63, 3.8) is 0 Å². The third kappa shape index (κ3) is 3.41. The lowest BCUT2D eigenvalue weighted by Crippen LogP contribution is -2.33. The van der Waals surface area contributed by atoms with E-state index in [-0.39, 0.29) is 18.6 Å². The van der Waals surface area contributed by atoms with Crippen LogP contribution in [-0.4, -0.2) is 30.6 Å². The lowest BCUT2D eigenvalue weighted by Gasteiger charge is -2.25. The van der Waals surface area contributed by atoms with Crippen LogP contribution in [0.3, 0.4) is 0 Å². The van der Waals surface area contributed by atoms with Crippen LogP contribution in [0.5, 0.6) is 0 Å². The molecule has 1 amide bonds. The number of hydrogen-bond acceptors (Lipinski definition) is 2. The van der Waals surface area contributed by atoms with E-state index in [0.29, 0.717) is 16.7 Å². The van der Waals surface area contributed by atoms with Gasteiger partial charge >= 0.3 is 0 Å². The van der Waals surface area contributed by atoms with Gasteiger partial charge in [0.15, 0.2) is 0 Å². The van der Waals surface area contributed by atoms with E-state index in [9.17, 15) is 4.79 Å². The van der Waals surface area contributed by atoms with E-state index >= 15 is 0 Å². The maximum atomic E-state index is 12.1. The number of rotatable bonds is 4. The van der Waals surface area contributed by atoms with E-state index < -0.39 is 0 Å². The molecular formula is C14H17Cl2NO2. The molecule has 0 aliphatic carbocycles. The van der Waals surface area contributed by atoms with Gasteiger partial charge in [0.2, 0.25) is 5.91 Å². The molecule has 1 heterocycles. The molecule has 1 fully saturated rings. The van der Waals surface area contributed by atoms with Gasteiger partial charge in [0, 0.05) is 13.2 Å². The van der Waals surface area contributed by atoms with Gasteiger partial charge in [-0.05, 0) is 37.5 Å². The molecule has 1 aliphatic heterocycles. The molecule has 0 aromatic heterocycles. The van der Waals surface area contributed by atoms with Crippen molar-refractivity contribution < 1.29 is 9.53 Å². The van der Waals surface area contributed by atoms with Crippen LogP contribution in [0, 0.1) is 0 Å². The van der Waals surface area contributed by atoms with Crippen molar-refractivity contribution in [1.82, 2.24) is 4.90 Å². The van der Waals surface area contributed by atoms with Crippen LogP contribution in [0.25, 0.3) is 0 Å². The first kappa shape index (κ1) is 14.6. The SMILES string of the molecule is CCOCC(=O)N1CCCC1c1ccc(Cl)c(Cl)c1. The minimum absolute atomic E-state index is 0.0374. The summed E-state index contributed by atoms with van der Waals surface area (Å²) in [6.45, 7) is 3.36. The summed E-state index contributed by atoms with van der Waals surface area (Å²) in [6, 6.07) is 5.65. The molecule has 0 N–H and O–H groups in total. The predicted octanol–water partition coefficient (Wildman–Crippen LogP) is 3.69. The second kappa shape index (κ2) is 6.60. The molecule has 1 aromatic carbocycles. The molecule has 5 heteroatoms. The third-order valence-corrected chi connectivity index (χ3v) is 4.07. The molecule has 0 bridgehead atoms. The lowest BCUT2D eigenvalue weighted by atomic mass is 10.0. The summed E-state index contributed by atoms with van der Waals surface area (Å²) < 4.78 is 5.20. The van der Waals surface area contributed by atoms with Crippen molar-refractivity contribution in [2.24, 2.45) is 0 Å². The molecule has 0 radical (unpaired) electrons. The summed E-state index contributed by atoms with van der Waals surface area (Å²) in [7, 11) is 0. The highest BCUT2D eigenvalue weighted by Gasteiger charge is 2.29. The number of amides is 1. The first-order valence-electron chi connectivity index (χ1n) is 6.45. The quantitative estimate of drug-likeness (QED) is 0.849. The van der Waals surface area contributed by atoms with Crippen LogP contribution < -0.4 is 0 Å². The summed E-state index contributed by atoms with van der Waals surface area (Å²) in [4.78, 5) is 14.0. The summed E-state index contributed by atoms with van der Waals surface area (Å²) in [5.74, 6) is 0.0374. The number of hydrogen-bond donors (Lipinski definition) is 0. The topological polar surface area (TPSA) is 29.5 Å². The number of nitrogens with zero attached hydrogens (tertiary/aromatic N) is 1. The Kier molecular flexibility index (Phi) is 5.08. The molecule has 3 nitrogen and oxygen atoms in total. The van der Waals surface area contributed by atoms with Crippen LogP contribution >= 0.6 is 23.2 Å². The Morgan fingerprint density at radius 1 is 1.42 bits per heavy atom. The van der Waals surface area contributed by atoms with Crippen LogP contribution in [-0.2, 0) is 9.53 Å². The number of halogens is 2. The van der Waals surface area contributed by atoms with Crippen molar-refractivity contribution in [3.05, 3.63) is 33.8 Å². The van der Waals surface area contributed by atoms with Crippen LogP contribution in [0.2, 0.25) is 10.0 Å². The zero-order valence-electron chi connectivity index (χ0n) is 10.9. The molecule has 104 valence electrons. The Balaban J connectivity index is 2.13. The van der Waals surface area contributed by atoms with Crippen molar-refractivity contribution in [1.29, 1.82) is 0 Å². The van der Waals surface area contributed by atoms with Gasteiger partial charge in [-0.3, -0.25) is 4.79 Å². The maximum absolute atomic E-state index is 12.1. The fraction of sp³-hybridized carbons (Fsp3) is 0.500. The van der Waals surface area contributed by atoms with Gasteiger partial charge in [-0.1, -0.05) is 29.3 Å². The molecule has 0 spiro atoms. The van der Waals surface area contributed by atoms with Crippen molar-refractivity contribution in [3.8, 4) is 0 Å². The Hall–Kier alpha value is -0.770. The Morgan fingerprint density at radius 2 is 2.21 bits per heavy atom. The summed E-state index contributed by atoms with van der Waals surface area (Å²) in [5, 5.41) is 1.07. The molecule has 1 aliphatic rings. The number of ether oxygens (including phenoxy) is 1. The van der Waals surface area contributed by atoms with Gasteiger partial charge in [0.1, 0.15) is 6.61 Å². The number of carbonyl (C=O) groups excluding carboxylic acids is 1. The summed E-state index contributed by atoms with van der Waals surface area (Å²) >= 11 is 12.0. The van der Waals surface area contributed by atoms with E-state index in [1.807, 2.05) is 24.0 Å². The summed E-state index contributed by atoms with van der Waals surface area (Å²) in [6.07, 6.45) is 1.96. The van der Waals surface area contributed by atoms with Gasteiger partial charge in [-0.25, -0.2) is 0 Å². The second-order valence-electron chi connectivity index (χ2n) is 4.56. The van der Waals surface area contributed by atoms with Crippen molar-refractivity contribution >= 4 is 29.1 Å². The van der Waals surface area contributed by atoms with E-state index in [1.54, 1.807) is 6.07 Å². The van der Waals surface area contributed by atoms with Crippen LogP contribution in [0.4, 0.5) is 0 Å². The van der Waals surface area contributed by atoms with E-state index in [1.165, 1.54) is 0 Å². The van der Waals surface area contributed by atoms with Gasteiger partial charge in [0.25, 0.3) is 0 Å². The minimum atomic E-state index is 0.0374. The minimum Gasteiger partial charge on any atom is -0.372 e. The van der Waals surface area contributed by atoms with Crippen molar-refractivity contribution in [2.75, 3.05) is 19.8 Å². The van der Waals surface area contributed by atoms with E-state index in [4.69, 9.17) is 27.9 Å². The largest absolute Gasteiger partial charge is 0.372 e. The second-order valence-corrected chi connectivity index (χ2v) is 5.37. The smallest absolute Gasteiger partial charge is 0.249 e. The third-order valence-electron chi connectivity index (χ3n) is 3.33. The monoisotopic (exact) mass is 301 g/mol. The Morgan fingerprint density at radius 3 is 2.89 bits per heavy atom. The van der Waals surface area contributed by atoms with Crippen LogP contribution in [0.15, 0.2) is 18.2 Å². The van der Waals surface area contributed by atoms with E-state index in [0.717, 1.165) is 24.9 Å². The zero-order valence-corrected chi connectivity index (χ0v) is 12.4. The first-order valence-corrected chi connectivity index (χ1v) is 7.21. The van der Waals surface area contributed by atoms with Crippen molar-refractivity contribution in [2.45, 2.75) is 25.8 Å². The normalized spacial score (nSPS) is 18.9. The maximum Gasteiger partial charge on any atom is 0.249 e. The first-order chi connectivity index (χ1) is 9.13. The fourth-order valence-corrected chi connectivity index (χ4v) is 2.71. The average Bonchev–Trinajstić information content (AvgIpc) is 2.88. The average molecular weight is 302 g/mol. The lowest BCUT2D eigenvalue weighted by molar-refractivity contribution is -0.136. The number of carbonyl (C=O) groups is 1. The van der Waals surface area contributed by atoms with Gasteiger partial charge in [0.05, 0.1) is 16.1 Å². The summed E-state index contributed by atoms with van der Waals surface area (Å²) in [5.41, 5.74) is 1.04. The molecule has 1 atom stereocenters. The molecular weight excluding hydrogens is 285 g/mol. The highest BCUT2D eigenvalue weighted by molar-refractivity contribution is 6.42. The molecule has 1 saturated heterocycles. The molecule has 1 unspecified atom stereocenters. The Bertz CT molecular complexity index is 465. The van der Waals surface area contributed by atoms with Gasteiger partial charge in [-0.15, -0.1) is 0 Å². The highest BCUT2D eigenvalue weighted by atomic mass is 35.5. The molecule has 2 rings (SSSR count). The molecule has 19 heavy (non-hydrogen) atoms. The number of benzene rings is 1. The predicted molar refractivity (Wildman–Crippen MR) is 76.6 cm³/mol. The van der Waals surface area contributed by atoms with E-state index in [2.05, 4.69) is 0 Å². The molecule has 1 aromatic rings. The van der Waals surface area contributed by atoms with Gasteiger partial charge in [-0.2, -0.15) is 0 Å². The molecule has 0 saturated carbocycles. The van der Waals surface area contributed by atoms with Gasteiger partial charge < -0.3 is 9.64 Å². The fourth-order valence-electron chi connectivity index (χ4n) is 2.40. The standard InChI is InChI=1S/C14H17Cl2NO2/c1-2-19-9-14(18)17-7-3-4-13(17)10-5-6-11(15)12(16)8-10/h5-6,8,13H,2-4,7,9H2,1H3.